The highest BCUT2D eigenvalue weighted by atomic mass is 35.5. The number of rotatable bonds is 3. The van der Waals surface area contributed by atoms with E-state index in [1.807, 2.05) is 31.2 Å². The number of pyridine rings is 1. The van der Waals surface area contributed by atoms with Gasteiger partial charge in [-0.1, -0.05) is 13.0 Å². The number of nitrogens with zero attached hydrogens (tertiary/aromatic N) is 3. The number of aryl methyl sites for hydroxylation is 1. The van der Waals surface area contributed by atoms with Crippen molar-refractivity contribution in [2.75, 3.05) is 5.32 Å². The lowest BCUT2D eigenvalue weighted by atomic mass is 10.3. The van der Waals surface area contributed by atoms with E-state index in [0.29, 0.717) is 5.82 Å². The summed E-state index contributed by atoms with van der Waals surface area (Å²) < 4.78 is 0. The topological polar surface area (TPSA) is 50.7 Å². The van der Waals surface area contributed by atoms with E-state index >= 15 is 0 Å². The molecule has 0 amide bonds. The fourth-order valence-electron chi connectivity index (χ4n) is 1.28. The van der Waals surface area contributed by atoms with Crippen molar-refractivity contribution in [3.05, 3.63) is 41.4 Å². The lowest BCUT2D eigenvalue weighted by Gasteiger charge is -2.05. The molecule has 0 saturated carbocycles. The van der Waals surface area contributed by atoms with Crippen molar-refractivity contribution in [2.45, 2.75) is 13.3 Å². The Morgan fingerprint density at radius 3 is 2.81 bits per heavy atom. The molecule has 0 aliphatic carbocycles. The van der Waals surface area contributed by atoms with Gasteiger partial charge in [0, 0.05) is 18.0 Å². The fourth-order valence-corrected chi connectivity index (χ4v) is 1.48. The molecule has 0 saturated heterocycles. The van der Waals surface area contributed by atoms with Crippen molar-refractivity contribution in [3.8, 4) is 0 Å². The van der Waals surface area contributed by atoms with Crippen LogP contribution in [0.15, 0.2) is 30.5 Å². The molecule has 16 heavy (non-hydrogen) atoms. The summed E-state index contributed by atoms with van der Waals surface area (Å²) in [5, 5.41) is 3.32. The zero-order chi connectivity index (χ0) is 11.4. The molecule has 2 heterocycles. The molecule has 2 aromatic rings. The van der Waals surface area contributed by atoms with Gasteiger partial charge in [-0.25, -0.2) is 15.0 Å². The van der Waals surface area contributed by atoms with Crippen molar-refractivity contribution in [1.29, 1.82) is 0 Å². The Labute approximate surface area is 98.7 Å². The first-order valence-corrected chi connectivity index (χ1v) is 5.37. The SMILES string of the molecule is CCc1cc(Nc2ccccn2)nc(Cl)n1. The summed E-state index contributed by atoms with van der Waals surface area (Å²) in [5.74, 6) is 1.40. The zero-order valence-electron chi connectivity index (χ0n) is 8.81. The van der Waals surface area contributed by atoms with E-state index in [9.17, 15) is 0 Å². The van der Waals surface area contributed by atoms with Crippen molar-refractivity contribution < 1.29 is 0 Å². The van der Waals surface area contributed by atoms with Crippen molar-refractivity contribution in [1.82, 2.24) is 15.0 Å². The highest BCUT2D eigenvalue weighted by molar-refractivity contribution is 6.28. The Morgan fingerprint density at radius 1 is 1.25 bits per heavy atom. The molecule has 0 bridgehead atoms. The molecular weight excluding hydrogens is 224 g/mol. The van der Waals surface area contributed by atoms with Crippen molar-refractivity contribution >= 4 is 23.2 Å². The third kappa shape index (κ3) is 2.67. The first-order valence-electron chi connectivity index (χ1n) is 4.99. The minimum Gasteiger partial charge on any atom is -0.325 e. The number of hydrogen-bond donors (Lipinski definition) is 1. The highest BCUT2D eigenvalue weighted by Crippen LogP contribution is 2.15. The van der Waals surface area contributed by atoms with Crippen LogP contribution in [0.2, 0.25) is 5.28 Å². The lowest BCUT2D eigenvalue weighted by molar-refractivity contribution is 1.00. The highest BCUT2D eigenvalue weighted by Gasteiger charge is 2.02. The average molecular weight is 235 g/mol. The van der Waals surface area contributed by atoms with Gasteiger partial charge in [0.1, 0.15) is 11.6 Å². The predicted molar refractivity (Wildman–Crippen MR) is 63.9 cm³/mol. The van der Waals surface area contributed by atoms with Crippen LogP contribution in [0.4, 0.5) is 11.6 Å². The van der Waals surface area contributed by atoms with Crippen LogP contribution in [-0.2, 0) is 6.42 Å². The number of nitrogens with one attached hydrogen (secondary N) is 1. The minimum absolute atomic E-state index is 0.248. The first-order chi connectivity index (χ1) is 7.78. The van der Waals surface area contributed by atoms with E-state index in [1.54, 1.807) is 6.20 Å². The second kappa shape index (κ2) is 4.90. The molecule has 0 spiro atoms. The summed E-state index contributed by atoms with van der Waals surface area (Å²) in [4.78, 5) is 12.3. The van der Waals surface area contributed by atoms with Gasteiger partial charge in [-0.3, -0.25) is 0 Å². The molecule has 5 heteroatoms. The van der Waals surface area contributed by atoms with E-state index in [-0.39, 0.29) is 5.28 Å². The van der Waals surface area contributed by atoms with E-state index in [2.05, 4.69) is 20.3 Å². The zero-order valence-corrected chi connectivity index (χ0v) is 9.57. The molecule has 2 rings (SSSR count). The van der Waals surface area contributed by atoms with E-state index in [1.165, 1.54) is 0 Å². The van der Waals surface area contributed by atoms with Gasteiger partial charge in [0.25, 0.3) is 0 Å². The molecule has 82 valence electrons. The van der Waals surface area contributed by atoms with Crippen LogP contribution in [-0.4, -0.2) is 15.0 Å². The van der Waals surface area contributed by atoms with Gasteiger partial charge in [0.05, 0.1) is 0 Å². The fraction of sp³-hybridized carbons (Fsp3) is 0.182. The number of halogens is 1. The van der Waals surface area contributed by atoms with Crippen LogP contribution < -0.4 is 5.32 Å². The molecule has 4 nitrogen and oxygen atoms in total. The minimum atomic E-state index is 0.248. The number of anilines is 2. The maximum Gasteiger partial charge on any atom is 0.224 e. The Hall–Kier alpha value is -1.68. The Kier molecular flexibility index (Phi) is 3.31. The summed E-state index contributed by atoms with van der Waals surface area (Å²) in [6.45, 7) is 2.02. The lowest BCUT2D eigenvalue weighted by Crippen LogP contribution is -1.99. The van der Waals surface area contributed by atoms with Crippen LogP contribution in [0, 0.1) is 0 Å². The van der Waals surface area contributed by atoms with Crippen LogP contribution in [0.3, 0.4) is 0 Å². The Morgan fingerprint density at radius 2 is 2.12 bits per heavy atom. The maximum atomic E-state index is 5.81. The van der Waals surface area contributed by atoms with Gasteiger partial charge in [-0.2, -0.15) is 0 Å². The van der Waals surface area contributed by atoms with Gasteiger partial charge in [-0.15, -0.1) is 0 Å². The smallest absolute Gasteiger partial charge is 0.224 e. The summed E-state index contributed by atoms with van der Waals surface area (Å²) in [5.41, 5.74) is 0.901. The third-order valence-corrected chi connectivity index (χ3v) is 2.20. The molecule has 0 aliphatic heterocycles. The molecule has 0 fully saturated rings. The second-order valence-corrected chi connectivity index (χ2v) is 3.55. The maximum absolute atomic E-state index is 5.81. The molecular formula is C11H11ClN4. The van der Waals surface area contributed by atoms with Gasteiger partial charge < -0.3 is 5.32 Å². The molecule has 0 aliphatic rings. The summed E-state index contributed by atoms with van der Waals surface area (Å²) >= 11 is 5.81. The quantitative estimate of drug-likeness (QED) is 0.830. The van der Waals surface area contributed by atoms with E-state index in [0.717, 1.165) is 17.9 Å². The summed E-state index contributed by atoms with van der Waals surface area (Å²) in [6.07, 6.45) is 2.53. The monoisotopic (exact) mass is 234 g/mol. The standard InChI is InChI=1S/C11H11ClN4/c1-2-8-7-10(16-11(12)14-8)15-9-5-3-4-6-13-9/h3-7H,2H2,1H3,(H,13,14,15,16). The molecule has 0 aromatic carbocycles. The Balaban J connectivity index is 2.24. The number of aromatic nitrogens is 3. The van der Waals surface area contributed by atoms with Gasteiger partial charge in [0.2, 0.25) is 5.28 Å². The predicted octanol–water partition coefficient (Wildman–Crippen LogP) is 2.83. The van der Waals surface area contributed by atoms with Crippen LogP contribution in [0.1, 0.15) is 12.6 Å². The van der Waals surface area contributed by atoms with Gasteiger partial charge in [-0.05, 0) is 30.2 Å². The second-order valence-electron chi connectivity index (χ2n) is 3.21. The average Bonchev–Trinajstić information content (AvgIpc) is 2.29. The molecule has 0 atom stereocenters. The van der Waals surface area contributed by atoms with Gasteiger partial charge >= 0.3 is 0 Å². The number of hydrogen-bond acceptors (Lipinski definition) is 4. The van der Waals surface area contributed by atoms with Crippen LogP contribution in [0.5, 0.6) is 0 Å². The van der Waals surface area contributed by atoms with Crippen LogP contribution >= 0.6 is 11.6 Å². The molecule has 1 N–H and O–H groups in total. The molecule has 0 unspecified atom stereocenters. The largest absolute Gasteiger partial charge is 0.325 e. The first kappa shape index (κ1) is 10.8. The summed E-state index contributed by atoms with van der Waals surface area (Å²) in [7, 11) is 0. The van der Waals surface area contributed by atoms with Crippen molar-refractivity contribution in [2.24, 2.45) is 0 Å². The molecule has 2 aromatic heterocycles. The van der Waals surface area contributed by atoms with Crippen molar-refractivity contribution in [3.63, 3.8) is 0 Å². The van der Waals surface area contributed by atoms with E-state index < -0.39 is 0 Å². The Bertz CT molecular complexity index is 473. The third-order valence-electron chi connectivity index (χ3n) is 2.04. The van der Waals surface area contributed by atoms with Gasteiger partial charge in [0.15, 0.2) is 0 Å². The van der Waals surface area contributed by atoms with Crippen LogP contribution in [0.25, 0.3) is 0 Å². The normalized spacial score (nSPS) is 10.1. The summed E-state index contributed by atoms with van der Waals surface area (Å²) in [6, 6.07) is 7.48. The van der Waals surface area contributed by atoms with E-state index in [4.69, 9.17) is 11.6 Å². The molecule has 0 radical (unpaired) electrons.